The molecule has 3 N–H and O–H groups in total. The van der Waals surface area contributed by atoms with Gasteiger partial charge in [-0.05, 0) is 30.3 Å². The van der Waals surface area contributed by atoms with E-state index in [-0.39, 0.29) is 41.2 Å². The third-order valence-corrected chi connectivity index (χ3v) is 6.64. The molecular weight excluding hydrogens is 451 g/mol. The molecule has 0 radical (unpaired) electrons. The van der Waals surface area contributed by atoms with Gasteiger partial charge in [-0.15, -0.1) is 0 Å². The summed E-state index contributed by atoms with van der Waals surface area (Å²) in [4.78, 5) is 25.5. The predicted molar refractivity (Wildman–Crippen MR) is 117 cm³/mol. The summed E-state index contributed by atoms with van der Waals surface area (Å²) in [6.07, 6.45) is -0.0741. The molecule has 0 saturated carbocycles. The minimum atomic E-state index is -3.81. The number of benzene rings is 2. The third-order valence-electron chi connectivity index (χ3n) is 4.38. The Balaban J connectivity index is 1.54. The number of carbonyl (C=O) groups is 2. The Hall–Kier alpha value is -2.33. The van der Waals surface area contributed by atoms with Crippen molar-refractivity contribution in [3.63, 3.8) is 0 Å². The summed E-state index contributed by atoms with van der Waals surface area (Å²) in [6, 6.07) is 11.1. The van der Waals surface area contributed by atoms with Crippen molar-refractivity contribution in [3.05, 3.63) is 52.5 Å². The highest BCUT2D eigenvalue weighted by atomic mass is 35.5. The summed E-state index contributed by atoms with van der Waals surface area (Å²) in [6.45, 7) is 1.31. The second-order valence-corrected chi connectivity index (χ2v) is 9.11. The summed E-state index contributed by atoms with van der Waals surface area (Å²) in [7, 11) is -3.81. The van der Waals surface area contributed by atoms with Gasteiger partial charge in [-0.25, -0.2) is 13.1 Å². The zero-order valence-corrected chi connectivity index (χ0v) is 18.1. The second-order valence-electron chi connectivity index (χ2n) is 6.56. The Morgan fingerprint density at radius 2 is 1.90 bits per heavy atom. The average Bonchev–Trinajstić information content (AvgIpc) is 2.68. The van der Waals surface area contributed by atoms with Crippen molar-refractivity contribution in [2.75, 3.05) is 36.4 Å². The molecule has 11 heteroatoms. The van der Waals surface area contributed by atoms with E-state index in [1.54, 1.807) is 30.3 Å². The van der Waals surface area contributed by atoms with E-state index < -0.39 is 10.0 Å². The summed E-state index contributed by atoms with van der Waals surface area (Å²) in [5.41, 5.74) is 1.18. The van der Waals surface area contributed by atoms with Gasteiger partial charge in [0.2, 0.25) is 21.8 Å². The van der Waals surface area contributed by atoms with Crippen LogP contribution in [0.3, 0.4) is 0 Å². The molecule has 0 aliphatic carbocycles. The molecule has 1 saturated heterocycles. The first-order valence-electron chi connectivity index (χ1n) is 9.11. The molecule has 0 bridgehead atoms. The first-order chi connectivity index (χ1) is 14.3. The normalized spacial score (nSPS) is 14.3. The van der Waals surface area contributed by atoms with Gasteiger partial charge >= 0.3 is 0 Å². The maximum atomic E-state index is 12.3. The smallest absolute Gasteiger partial charge is 0.242 e. The van der Waals surface area contributed by atoms with Crippen molar-refractivity contribution < 1.29 is 18.0 Å². The van der Waals surface area contributed by atoms with Gasteiger partial charge in [0.25, 0.3) is 0 Å². The lowest BCUT2D eigenvalue weighted by molar-refractivity contribution is -0.120. The van der Waals surface area contributed by atoms with Crippen LogP contribution < -0.4 is 20.3 Å². The Morgan fingerprint density at radius 1 is 1.13 bits per heavy atom. The molecule has 0 atom stereocenters. The quantitative estimate of drug-likeness (QED) is 0.574. The van der Waals surface area contributed by atoms with Crippen molar-refractivity contribution in [2.24, 2.45) is 0 Å². The number of halogens is 2. The van der Waals surface area contributed by atoms with Crippen LogP contribution in [0.25, 0.3) is 0 Å². The number of piperazine rings is 1. The van der Waals surface area contributed by atoms with Crippen LogP contribution in [-0.2, 0) is 19.6 Å². The van der Waals surface area contributed by atoms with Gasteiger partial charge in [-0.2, -0.15) is 0 Å². The highest BCUT2D eigenvalue weighted by Crippen LogP contribution is 2.29. The van der Waals surface area contributed by atoms with Crippen LogP contribution in [0.5, 0.6) is 0 Å². The number of hydrogen-bond acceptors (Lipinski definition) is 5. The van der Waals surface area contributed by atoms with Gasteiger partial charge < -0.3 is 15.5 Å². The summed E-state index contributed by atoms with van der Waals surface area (Å²) in [5.74, 6) is -0.452. The molecule has 2 aromatic rings. The fourth-order valence-electron chi connectivity index (χ4n) is 2.95. The van der Waals surface area contributed by atoms with E-state index in [4.69, 9.17) is 23.2 Å². The van der Waals surface area contributed by atoms with Crippen LogP contribution in [0.4, 0.5) is 11.4 Å². The molecule has 0 aromatic heterocycles. The summed E-state index contributed by atoms with van der Waals surface area (Å²) < 4.78 is 26.9. The lowest BCUT2D eigenvalue weighted by Crippen LogP contribution is -2.47. The largest absolute Gasteiger partial charge is 0.359 e. The number of amides is 2. The minimum Gasteiger partial charge on any atom is -0.359 e. The molecule has 160 valence electrons. The number of sulfonamides is 1. The van der Waals surface area contributed by atoms with Crippen LogP contribution in [0, 0.1) is 0 Å². The second kappa shape index (κ2) is 9.65. The fraction of sp³-hybridized carbons (Fsp3) is 0.263. The zero-order valence-electron chi connectivity index (χ0n) is 15.8. The molecule has 1 heterocycles. The highest BCUT2D eigenvalue weighted by molar-refractivity contribution is 7.89. The lowest BCUT2D eigenvalue weighted by atomic mass is 10.2. The number of nitrogens with zero attached hydrogens (tertiary/aromatic N) is 1. The lowest BCUT2D eigenvalue weighted by Gasteiger charge is -2.29. The molecule has 8 nitrogen and oxygen atoms in total. The molecule has 1 fully saturated rings. The molecule has 0 unspecified atom stereocenters. The van der Waals surface area contributed by atoms with Crippen LogP contribution in [0.2, 0.25) is 10.0 Å². The van der Waals surface area contributed by atoms with E-state index in [2.05, 4.69) is 15.4 Å². The Bertz CT molecular complexity index is 1060. The van der Waals surface area contributed by atoms with E-state index in [9.17, 15) is 18.0 Å². The van der Waals surface area contributed by atoms with Crippen LogP contribution in [-0.4, -0.2) is 46.4 Å². The van der Waals surface area contributed by atoms with Gasteiger partial charge in [-0.3, -0.25) is 9.59 Å². The zero-order chi connectivity index (χ0) is 21.7. The van der Waals surface area contributed by atoms with E-state index >= 15 is 0 Å². The fourth-order valence-corrected chi connectivity index (χ4v) is 4.80. The van der Waals surface area contributed by atoms with Gasteiger partial charge in [0.15, 0.2) is 0 Å². The highest BCUT2D eigenvalue weighted by Gasteiger charge is 2.19. The van der Waals surface area contributed by atoms with Crippen molar-refractivity contribution in [2.45, 2.75) is 11.3 Å². The first-order valence-corrected chi connectivity index (χ1v) is 11.4. The van der Waals surface area contributed by atoms with Crippen LogP contribution in [0.15, 0.2) is 47.4 Å². The Kier molecular flexibility index (Phi) is 7.19. The number of rotatable bonds is 7. The standard InChI is InChI=1S/C19H20Cl2N4O4S/c20-14-3-1-2-4-17(14)30(28,29)23-8-7-18(26)24-13-5-6-16(15(21)11-13)25-10-9-22-19(27)12-25/h1-6,11,23H,7-10,12H2,(H,22,27)(H,24,26). The Morgan fingerprint density at radius 3 is 2.60 bits per heavy atom. The van der Waals surface area contributed by atoms with E-state index in [1.165, 1.54) is 12.1 Å². The van der Waals surface area contributed by atoms with Gasteiger partial charge in [0.1, 0.15) is 4.90 Å². The number of carbonyl (C=O) groups excluding carboxylic acids is 2. The topological polar surface area (TPSA) is 108 Å². The van der Waals surface area contributed by atoms with Crippen molar-refractivity contribution in [3.8, 4) is 0 Å². The molecule has 3 rings (SSSR count). The molecule has 2 aromatic carbocycles. The van der Waals surface area contributed by atoms with Gasteiger partial charge in [0.05, 0.1) is 22.3 Å². The van der Waals surface area contributed by atoms with E-state index in [0.717, 1.165) is 0 Å². The van der Waals surface area contributed by atoms with Crippen LogP contribution in [0.1, 0.15) is 6.42 Å². The average molecular weight is 471 g/mol. The molecule has 1 aliphatic heterocycles. The molecule has 2 amide bonds. The number of hydrogen-bond donors (Lipinski definition) is 3. The van der Waals surface area contributed by atoms with Crippen molar-refractivity contribution in [1.82, 2.24) is 10.0 Å². The van der Waals surface area contributed by atoms with Crippen LogP contribution >= 0.6 is 23.2 Å². The maximum absolute atomic E-state index is 12.3. The first kappa shape index (κ1) is 22.4. The number of nitrogens with one attached hydrogen (secondary N) is 3. The third kappa shape index (κ3) is 5.63. The summed E-state index contributed by atoms with van der Waals surface area (Å²) in [5, 5.41) is 5.93. The van der Waals surface area contributed by atoms with Gasteiger partial charge in [0, 0.05) is 31.7 Å². The molecular formula is C19H20Cl2N4O4S. The monoisotopic (exact) mass is 470 g/mol. The molecule has 0 spiro atoms. The SMILES string of the molecule is O=C1CN(c2ccc(NC(=O)CCNS(=O)(=O)c3ccccc3Cl)cc2Cl)CCN1. The predicted octanol–water partition coefficient (Wildman–Crippen LogP) is 2.24. The van der Waals surface area contributed by atoms with E-state index in [0.29, 0.717) is 29.5 Å². The van der Waals surface area contributed by atoms with Crippen molar-refractivity contribution in [1.29, 1.82) is 0 Å². The van der Waals surface area contributed by atoms with E-state index in [1.807, 2.05) is 4.90 Å². The number of anilines is 2. The van der Waals surface area contributed by atoms with Gasteiger partial charge in [-0.1, -0.05) is 35.3 Å². The maximum Gasteiger partial charge on any atom is 0.242 e. The molecule has 1 aliphatic rings. The Labute approximate surface area is 184 Å². The van der Waals surface area contributed by atoms with Crippen molar-refractivity contribution >= 4 is 56.4 Å². The summed E-state index contributed by atoms with van der Waals surface area (Å²) >= 11 is 12.2. The molecule has 30 heavy (non-hydrogen) atoms. The minimum absolute atomic E-state index is 0.0409.